The van der Waals surface area contributed by atoms with E-state index in [1.165, 1.54) is 5.56 Å². The summed E-state index contributed by atoms with van der Waals surface area (Å²) in [6.07, 6.45) is -0.826. The average Bonchev–Trinajstić information content (AvgIpc) is 2.66. The van der Waals surface area contributed by atoms with Gasteiger partial charge in [-0.1, -0.05) is 30.3 Å². The highest BCUT2D eigenvalue weighted by Crippen LogP contribution is 2.34. The van der Waals surface area contributed by atoms with Gasteiger partial charge in [0.1, 0.15) is 5.60 Å². The van der Waals surface area contributed by atoms with Gasteiger partial charge in [0.15, 0.2) is 0 Å². The Morgan fingerprint density at radius 2 is 1.95 bits per heavy atom. The van der Waals surface area contributed by atoms with Crippen LogP contribution >= 0.6 is 0 Å². The normalized spacial score (nSPS) is 28.2. The standard InChI is InChI=1S/C17H24N2O3/c1-17(2,3)22-16(21)19-11-14(20)15-13(19)10-18(15)9-12-7-5-4-6-8-12/h4-8,13-15,20H,9-11H2,1-3H3/t13-,14-,15+/m0/s1. The minimum atomic E-state index is -0.506. The van der Waals surface area contributed by atoms with Crippen LogP contribution in [0.1, 0.15) is 26.3 Å². The monoisotopic (exact) mass is 304 g/mol. The number of hydrogen-bond acceptors (Lipinski definition) is 4. The molecule has 2 aliphatic heterocycles. The first-order valence-electron chi connectivity index (χ1n) is 7.81. The Morgan fingerprint density at radius 1 is 1.27 bits per heavy atom. The molecule has 2 saturated heterocycles. The van der Waals surface area contributed by atoms with Crippen molar-refractivity contribution in [1.29, 1.82) is 0 Å². The van der Waals surface area contributed by atoms with Crippen LogP contribution in [0.15, 0.2) is 30.3 Å². The third kappa shape index (κ3) is 2.96. The summed E-state index contributed by atoms with van der Waals surface area (Å²) >= 11 is 0. The summed E-state index contributed by atoms with van der Waals surface area (Å²) in [5.41, 5.74) is 0.719. The molecule has 1 aromatic rings. The lowest BCUT2D eigenvalue weighted by atomic mass is 9.94. The van der Waals surface area contributed by atoms with E-state index in [-0.39, 0.29) is 18.2 Å². The third-order valence-corrected chi connectivity index (χ3v) is 4.27. The molecule has 5 nitrogen and oxygen atoms in total. The number of aliphatic hydroxyl groups is 1. The lowest BCUT2D eigenvalue weighted by Crippen LogP contribution is -2.64. The van der Waals surface area contributed by atoms with Crippen LogP contribution in [0.25, 0.3) is 0 Å². The van der Waals surface area contributed by atoms with Crippen LogP contribution in [0.4, 0.5) is 4.79 Å². The van der Waals surface area contributed by atoms with Crippen molar-refractivity contribution < 1.29 is 14.6 Å². The SMILES string of the molecule is CC(C)(C)OC(=O)N1C[C@H](O)[C@H]2[C@@H]1CN2Cc1ccccc1. The van der Waals surface area contributed by atoms with Crippen molar-refractivity contribution in [2.75, 3.05) is 13.1 Å². The van der Waals surface area contributed by atoms with E-state index in [1.54, 1.807) is 4.90 Å². The Labute approximate surface area is 131 Å². The van der Waals surface area contributed by atoms with Crippen LogP contribution in [0.5, 0.6) is 0 Å². The Balaban J connectivity index is 1.62. The van der Waals surface area contributed by atoms with E-state index >= 15 is 0 Å². The molecule has 0 spiro atoms. The van der Waals surface area contributed by atoms with Crippen molar-refractivity contribution in [2.45, 2.75) is 51.1 Å². The molecule has 1 N–H and O–H groups in total. The van der Waals surface area contributed by atoms with Gasteiger partial charge >= 0.3 is 6.09 Å². The number of benzene rings is 1. The largest absolute Gasteiger partial charge is 0.444 e. The highest BCUT2D eigenvalue weighted by atomic mass is 16.6. The van der Waals surface area contributed by atoms with E-state index < -0.39 is 11.7 Å². The van der Waals surface area contributed by atoms with Gasteiger partial charge < -0.3 is 9.84 Å². The summed E-state index contributed by atoms with van der Waals surface area (Å²) in [6.45, 7) is 7.53. The molecule has 0 saturated carbocycles. The van der Waals surface area contributed by atoms with Crippen LogP contribution in [0.3, 0.4) is 0 Å². The number of likely N-dealkylation sites (tertiary alicyclic amines) is 2. The molecule has 2 heterocycles. The fraction of sp³-hybridized carbons (Fsp3) is 0.588. The Hall–Kier alpha value is -1.59. The van der Waals surface area contributed by atoms with Gasteiger partial charge in [-0.2, -0.15) is 0 Å². The zero-order valence-corrected chi connectivity index (χ0v) is 13.4. The maximum absolute atomic E-state index is 12.2. The number of hydrogen-bond donors (Lipinski definition) is 1. The Kier molecular flexibility index (Phi) is 3.87. The smallest absolute Gasteiger partial charge is 0.410 e. The number of β-amino-alcohol motifs (C(OH)–C–C–N with tert-alkyl or cyclic N) is 1. The van der Waals surface area contributed by atoms with Gasteiger partial charge in [0, 0.05) is 13.1 Å². The van der Waals surface area contributed by atoms with Gasteiger partial charge in [0.25, 0.3) is 0 Å². The number of carbonyl (C=O) groups excluding carboxylic acids is 1. The summed E-state index contributed by atoms with van der Waals surface area (Å²) in [5.74, 6) is 0. The third-order valence-electron chi connectivity index (χ3n) is 4.27. The van der Waals surface area contributed by atoms with Crippen LogP contribution in [0.2, 0.25) is 0 Å². The van der Waals surface area contributed by atoms with E-state index in [0.717, 1.165) is 13.1 Å². The molecule has 0 unspecified atom stereocenters. The first-order valence-corrected chi connectivity index (χ1v) is 7.81. The molecule has 0 bridgehead atoms. The number of amides is 1. The van der Waals surface area contributed by atoms with E-state index in [1.807, 2.05) is 39.0 Å². The fourth-order valence-corrected chi connectivity index (χ4v) is 3.32. The predicted octanol–water partition coefficient (Wildman–Crippen LogP) is 1.85. The number of aliphatic hydroxyl groups excluding tert-OH is 1. The molecule has 1 amide bonds. The fourth-order valence-electron chi connectivity index (χ4n) is 3.32. The highest BCUT2D eigenvalue weighted by Gasteiger charge is 2.54. The summed E-state index contributed by atoms with van der Waals surface area (Å²) < 4.78 is 5.43. The van der Waals surface area contributed by atoms with Gasteiger partial charge in [-0.05, 0) is 26.3 Å². The number of nitrogens with zero attached hydrogens (tertiary/aromatic N) is 2. The predicted molar refractivity (Wildman–Crippen MR) is 83.4 cm³/mol. The van der Waals surface area contributed by atoms with E-state index in [9.17, 15) is 9.90 Å². The molecule has 3 atom stereocenters. The maximum Gasteiger partial charge on any atom is 0.410 e. The minimum Gasteiger partial charge on any atom is -0.444 e. The number of carbonyl (C=O) groups is 1. The molecule has 3 rings (SSSR count). The van der Waals surface area contributed by atoms with Crippen LogP contribution in [-0.4, -0.2) is 57.9 Å². The molecule has 120 valence electrons. The van der Waals surface area contributed by atoms with Gasteiger partial charge in [0.2, 0.25) is 0 Å². The zero-order chi connectivity index (χ0) is 15.9. The number of fused-ring (bicyclic) bond motifs is 1. The molecule has 0 radical (unpaired) electrons. The molecule has 5 heteroatoms. The highest BCUT2D eigenvalue weighted by molar-refractivity contribution is 5.69. The van der Waals surface area contributed by atoms with Gasteiger partial charge in [-0.25, -0.2) is 4.79 Å². The van der Waals surface area contributed by atoms with Crippen LogP contribution in [0, 0.1) is 0 Å². The molecule has 0 aromatic heterocycles. The zero-order valence-electron chi connectivity index (χ0n) is 13.4. The van der Waals surface area contributed by atoms with Gasteiger partial charge in [-0.3, -0.25) is 9.80 Å². The average molecular weight is 304 g/mol. The van der Waals surface area contributed by atoms with Gasteiger partial charge in [-0.15, -0.1) is 0 Å². The Bertz CT molecular complexity index is 541. The van der Waals surface area contributed by atoms with Crippen molar-refractivity contribution >= 4 is 6.09 Å². The van der Waals surface area contributed by atoms with Gasteiger partial charge in [0.05, 0.1) is 24.7 Å². The van der Waals surface area contributed by atoms with E-state index in [0.29, 0.717) is 6.54 Å². The second kappa shape index (κ2) is 5.56. The van der Waals surface area contributed by atoms with Crippen LogP contribution < -0.4 is 0 Å². The lowest BCUT2D eigenvalue weighted by Gasteiger charge is -2.47. The summed E-state index contributed by atoms with van der Waals surface area (Å²) in [5, 5.41) is 10.3. The van der Waals surface area contributed by atoms with Crippen LogP contribution in [-0.2, 0) is 11.3 Å². The lowest BCUT2D eigenvalue weighted by molar-refractivity contribution is -0.0294. The molecule has 1 aromatic carbocycles. The summed E-state index contributed by atoms with van der Waals surface area (Å²) in [7, 11) is 0. The molecule has 0 aliphatic carbocycles. The second-order valence-electron chi connectivity index (χ2n) is 7.17. The van der Waals surface area contributed by atoms with E-state index in [4.69, 9.17) is 4.74 Å². The topological polar surface area (TPSA) is 53.0 Å². The quantitative estimate of drug-likeness (QED) is 0.906. The second-order valence-corrected chi connectivity index (χ2v) is 7.17. The van der Waals surface area contributed by atoms with Crippen molar-refractivity contribution in [3.05, 3.63) is 35.9 Å². The first-order chi connectivity index (χ1) is 10.3. The molecular formula is C17H24N2O3. The molecule has 22 heavy (non-hydrogen) atoms. The van der Waals surface area contributed by atoms with Crippen molar-refractivity contribution in [2.24, 2.45) is 0 Å². The minimum absolute atomic E-state index is 0.0210. The molecule has 2 fully saturated rings. The number of ether oxygens (including phenoxy) is 1. The number of rotatable bonds is 2. The van der Waals surface area contributed by atoms with Crippen molar-refractivity contribution in [3.63, 3.8) is 0 Å². The Morgan fingerprint density at radius 3 is 2.59 bits per heavy atom. The van der Waals surface area contributed by atoms with E-state index in [2.05, 4.69) is 17.0 Å². The summed E-state index contributed by atoms with van der Waals surface area (Å²) in [4.78, 5) is 16.1. The summed E-state index contributed by atoms with van der Waals surface area (Å²) in [6, 6.07) is 10.3. The molecule has 2 aliphatic rings. The first kappa shape index (κ1) is 15.3. The van der Waals surface area contributed by atoms with Crippen molar-refractivity contribution in [3.8, 4) is 0 Å². The van der Waals surface area contributed by atoms with Crippen molar-refractivity contribution in [1.82, 2.24) is 9.80 Å². The molecular weight excluding hydrogens is 280 g/mol. The maximum atomic E-state index is 12.2.